The summed E-state index contributed by atoms with van der Waals surface area (Å²) in [7, 11) is -1.49. The number of nitrogens with zero attached hydrogens (tertiary/aromatic N) is 5. The van der Waals surface area contributed by atoms with Gasteiger partial charge in [0.15, 0.2) is 5.82 Å². The number of sulfonamides is 1. The van der Waals surface area contributed by atoms with Gasteiger partial charge in [-0.05, 0) is 37.1 Å². The molecule has 3 heterocycles. The van der Waals surface area contributed by atoms with Crippen molar-refractivity contribution in [3.05, 3.63) is 53.8 Å². The minimum atomic E-state index is -3.17. The Hall–Kier alpha value is -2.85. The average molecular weight is 430 g/mol. The number of carbonyl (C=O) groups is 1. The minimum Gasteiger partial charge on any atom is -0.337 e. The lowest BCUT2D eigenvalue weighted by atomic mass is 9.98. The summed E-state index contributed by atoms with van der Waals surface area (Å²) in [5, 5.41) is 4.95. The van der Waals surface area contributed by atoms with Crippen molar-refractivity contribution in [2.45, 2.75) is 25.3 Å². The molecule has 2 aromatic heterocycles. The monoisotopic (exact) mass is 429 g/mol. The van der Waals surface area contributed by atoms with E-state index in [9.17, 15) is 13.2 Å². The minimum absolute atomic E-state index is 0.0505. The number of hydrogen-bond acceptors (Lipinski definition) is 7. The third kappa shape index (κ3) is 4.34. The predicted molar refractivity (Wildman–Crippen MR) is 110 cm³/mol. The van der Waals surface area contributed by atoms with E-state index in [4.69, 9.17) is 4.52 Å². The van der Waals surface area contributed by atoms with Crippen molar-refractivity contribution >= 4 is 26.8 Å². The fourth-order valence-corrected chi connectivity index (χ4v) is 4.52. The smallest absolute Gasteiger partial charge is 0.254 e. The molecule has 1 aromatic carbocycles. The van der Waals surface area contributed by atoms with Crippen LogP contribution in [0.25, 0.3) is 10.9 Å². The van der Waals surface area contributed by atoms with Gasteiger partial charge in [0.2, 0.25) is 15.9 Å². The van der Waals surface area contributed by atoms with Crippen LogP contribution in [0.2, 0.25) is 0 Å². The highest BCUT2D eigenvalue weighted by Crippen LogP contribution is 2.27. The fraction of sp³-hybridized carbons (Fsp3) is 0.400. The Bertz CT molecular complexity index is 1170. The Morgan fingerprint density at radius 2 is 2.03 bits per heavy atom. The van der Waals surface area contributed by atoms with Crippen LogP contribution in [0.4, 0.5) is 0 Å². The van der Waals surface area contributed by atoms with Gasteiger partial charge in [0.05, 0.1) is 18.3 Å². The molecular formula is C20H23N5O4S. The Labute approximate surface area is 174 Å². The maximum absolute atomic E-state index is 12.8. The van der Waals surface area contributed by atoms with Gasteiger partial charge in [0.1, 0.15) is 0 Å². The van der Waals surface area contributed by atoms with E-state index in [0.717, 1.165) is 10.9 Å². The molecule has 1 aliphatic rings. The first kappa shape index (κ1) is 20.4. The molecule has 30 heavy (non-hydrogen) atoms. The van der Waals surface area contributed by atoms with Gasteiger partial charge < -0.3 is 9.42 Å². The third-order valence-electron chi connectivity index (χ3n) is 5.34. The molecule has 1 aliphatic heterocycles. The second-order valence-electron chi connectivity index (χ2n) is 7.55. The van der Waals surface area contributed by atoms with E-state index in [1.807, 2.05) is 24.3 Å². The Morgan fingerprint density at radius 3 is 2.77 bits per heavy atom. The zero-order valence-corrected chi connectivity index (χ0v) is 17.7. The van der Waals surface area contributed by atoms with Crippen molar-refractivity contribution in [1.29, 1.82) is 0 Å². The summed E-state index contributed by atoms with van der Waals surface area (Å²) in [4.78, 5) is 23.0. The van der Waals surface area contributed by atoms with E-state index in [1.54, 1.807) is 19.3 Å². The number of carbonyl (C=O) groups excluding carboxylic acids is 1. The molecule has 1 amide bonds. The van der Waals surface area contributed by atoms with E-state index < -0.39 is 10.0 Å². The quantitative estimate of drug-likeness (QED) is 0.610. The van der Waals surface area contributed by atoms with E-state index in [2.05, 4.69) is 15.1 Å². The molecular weight excluding hydrogens is 406 g/mol. The summed E-state index contributed by atoms with van der Waals surface area (Å²) in [6, 6.07) is 9.14. The second kappa shape index (κ2) is 8.11. The largest absolute Gasteiger partial charge is 0.337 e. The van der Waals surface area contributed by atoms with Gasteiger partial charge in [-0.15, -0.1) is 0 Å². The lowest BCUT2D eigenvalue weighted by Gasteiger charge is -2.28. The first-order chi connectivity index (χ1) is 14.3. The van der Waals surface area contributed by atoms with Gasteiger partial charge >= 0.3 is 0 Å². The molecule has 0 radical (unpaired) electrons. The molecule has 0 aliphatic carbocycles. The molecule has 0 unspecified atom stereocenters. The van der Waals surface area contributed by atoms with Crippen LogP contribution in [-0.4, -0.2) is 65.0 Å². The number of benzene rings is 1. The van der Waals surface area contributed by atoms with Crippen molar-refractivity contribution < 1.29 is 17.7 Å². The molecule has 0 atom stereocenters. The van der Waals surface area contributed by atoms with Crippen LogP contribution in [-0.2, 0) is 16.6 Å². The number of pyridine rings is 1. The van der Waals surface area contributed by atoms with Gasteiger partial charge in [0.25, 0.3) is 5.91 Å². The molecule has 4 rings (SSSR count). The van der Waals surface area contributed by atoms with Gasteiger partial charge in [0, 0.05) is 43.2 Å². The van der Waals surface area contributed by atoms with Crippen LogP contribution in [0.5, 0.6) is 0 Å². The van der Waals surface area contributed by atoms with Gasteiger partial charge in [-0.25, -0.2) is 12.7 Å². The molecule has 9 nitrogen and oxygen atoms in total. The molecule has 1 saturated heterocycles. The van der Waals surface area contributed by atoms with Crippen molar-refractivity contribution in [2.24, 2.45) is 0 Å². The molecule has 0 spiro atoms. The highest BCUT2D eigenvalue weighted by molar-refractivity contribution is 7.88. The fourth-order valence-electron chi connectivity index (χ4n) is 3.65. The SMILES string of the molecule is CN(Cc1nc(C2CCN(S(C)(=O)=O)CC2)no1)C(=O)c1ccc2ncccc2c1. The summed E-state index contributed by atoms with van der Waals surface area (Å²) < 4.78 is 30.1. The summed E-state index contributed by atoms with van der Waals surface area (Å²) in [5.41, 5.74) is 1.39. The molecule has 0 N–H and O–H groups in total. The zero-order valence-electron chi connectivity index (χ0n) is 16.9. The topological polar surface area (TPSA) is 110 Å². The number of piperidine rings is 1. The number of fused-ring (bicyclic) bond motifs is 1. The zero-order chi connectivity index (χ0) is 21.3. The molecule has 1 fully saturated rings. The van der Waals surface area contributed by atoms with Crippen LogP contribution in [0, 0.1) is 0 Å². The normalized spacial score (nSPS) is 16.1. The highest BCUT2D eigenvalue weighted by Gasteiger charge is 2.28. The lowest BCUT2D eigenvalue weighted by Crippen LogP contribution is -2.37. The first-order valence-electron chi connectivity index (χ1n) is 9.69. The standard InChI is InChI=1S/C20H23N5O4S/c1-24(20(26)16-5-6-17-15(12-16)4-3-9-21-17)13-18-22-19(23-29-18)14-7-10-25(11-8-14)30(2,27)28/h3-6,9,12,14H,7-8,10-11,13H2,1-2H3. The summed E-state index contributed by atoms with van der Waals surface area (Å²) in [5.74, 6) is 0.820. The van der Waals surface area contributed by atoms with Crippen molar-refractivity contribution in [3.63, 3.8) is 0 Å². The third-order valence-corrected chi connectivity index (χ3v) is 6.64. The van der Waals surface area contributed by atoms with Crippen molar-refractivity contribution in [2.75, 3.05) is 26.4 Å². The van der Waals surface area contributed by atoms with Crippen LogP contribution in [0.3, 0.4) is 0 Å². The van der Waals surface area contributed by atoms with Crippen molar-refractivity contribution in [1.82, 2.24) is 24.3 Å². The summed E-state index contributed by atoms with van der Waals surface area (Å²) in [6.45, 7) is 1.09. The first-order valence-corrected chi connectivity index (χ1v) is 11.5. The second-order valence-corrected chi connectivity index (χ2v) is 9.54. The number of rotatable bonds is 5. The molecule has 0 bridgehead atoms. The number of aromatic nitrogens is 3. The van der Waals surface area contributed by atoms with Crippen molar-refractivity contribution in [3.8, 4) is 0 Å². The van der Waals surface area contributed by atoms with E-state index >= 15 is 0 Å². The summed E-state index contributed by atoms with van der Waals surface area (Å²) >= 11 is 0. The lowest BCUT2D eigenvalue weighted by molar-refractivity contribution is 0.0769. The van der Waals surface area contributed by atoms with E-state index in [0.29, 0.717) is 43.2 Å². The van der Waals surface area contributed by atoms with Gasteiger partial charge in [-0.2, -0.15) is 4.98 Å². The van der Waals surface area contributed by atoms with Gasteiger partial charge in [-0.3, -0.25) is 9.78 Å². The van der Waals surface area contributed by atoms with Crippen LogP contribution >= 0.6 is 0 Å². The molecule has 0 saturated carbocycles. The van der Waals surface area contributed by atoms with Crippen LogP contribution < -0.4 is 0 Å². The molecule has 158 valence electrons. The maximum Gasteiger partial charge on any atom is 0.254 e. The highest BCUT2D eigenvalue weighted by atomic mass is 32.2. The average Bonchev–Trinajstić information content (AvgIpc) is 3.20. The summed E-state index contributed by atoms with van der Waals surface area (Å²) in [6.07, 6.45) is 4.23. The van der Waals surface area contributed by atoms with E-state index in [-0.39, 0.29) is 18.4 Å². The van der Waals surface area contributed by atoms with Crippen LogP contribution in [0.15, 0.2) is 41.1 Å². The van der Waals surface area contributed by atoms with Crippen LogP contribution in [0.1, 0.15) is 40.8 Å². The van der Waals surface area contributed by atoms with E-state index in [1.165, 1.54) is 15.5 Å². The van der Waals surface area contributed by atoms with Gasteiger partial charge in [-0.1, -0.05) is 11.2 Å². The molecule has 10 heteroatoms. The number of hydrogen-bond donors (Lipinski definition) is 0. The number of amides is 1. The Balaban J connectivity index is 1.40. The Morgan fingerprint density at radius 1 is 1.27 bits per heavy atom. The Kier molecular flexibility index (Phi) is 5.52. The molecule has 3 aromatic rings. The maximum atomic E-state index is 12.8. The predicted octanol–water partition coefficient (Wildman–Crippen LogP) is 2.03.